The van der Waals surface area contributed by atoms with Crippen molar-refractivity contribution in [2.75, 3.05) is 7.11 Å². The Labute approximate surface area is 165 Å². The van der Waals surface area contributed by atoms with Crippen molar-refractivity contribution in [3.8, 4) is 17.1 Å². The summed E-state index contributed by atoms with van der Waals surface area (Å²) in [7, 11) is 1.60. The van der Waals surface area contributed by atoms with Crippen LogP contribution in [0, 0.1) is 12.8 Å². The predicted molar refractivity (Wildman–Crippen MR) is 109 cm³/mol. The summed E-state index contributed by atoms with van der Waals surface area (Å²) in [6.45, 7) is 4.81. The lowest BCUT2D eigenvalue weighted by Gasteiger charge is -2.24. The van der Waals surface area contributed by atoms with Gasteiger partial charge in [-0.05, 0) is 44.5 Å². The van der Waals surface area contributed by atoms with Gasteiger partial charge in [0.1, 0.15) is 28.8 Å². The van der Waals surface area contributed by atoms with Crippen LogP contribution < -0.4 is 4.74 Å². The number of ketones is 2. The van der Waals surface area contributed by atoms with Crippen LogP contribution in [-0.4, -0.2) is 18.7 Å². The minimum atomic E-state index is -0.770. The maximum atomic E-state index is 12.4. The second kappa shape index (κ2) is 8.26. The fraction of sp³-hybridized carbons (Fsp3) is 0.250. The highest BCUT2D eigenvalue weighted by Gasteiger charge is 2.34. The fourth-order valence-corrected chi connectivity index (χ4v) is 3.67. The molecular formula is C24H24O4. The summed E-state index contributed by atoms with van der Waals surface area (Å²) in [5.41, 5.74) is 2.67. The summed E-state index contributed by atoms with van der Waals surface area (Å²) in [5, 5.41) is 0. The van der Waals surface area contributed by atoms with Gasteiger partial charge in [0.05, 0.1) is 13.0 Å². The highest BCUT2D eigenvalue weighted by Crippen LogP contribution is 2.39. The van der Waals surface area contributed by atoms with Crippen molar-refractivity contribution in [3.63, 3.8) is 0 Å². The zero-order valence-corrected chi connectivity index (χ0v) is 16.6. The Balaban J connectivity index is 2.15. The number of ether oxygens (including phenoxy) is 1. The number of furan rings is 1. The first-order valence-corrected chi connectivity index (χ1v) is 9.23. The van der Waals surface area contributed by atoms with Crippen molar-refractivity contribution in [1.29, 1.82) is 0 Å². The lowest BCUT2D eigenvalue weighted by molar-refractivity contribution is -0.130. The molecule has 0 saturated carbocycles. The van der Waals surface area contributed by atoms with Crippen LogP contribution in [0.2, 0.25) is 0 Å². The first-order valence-electron chi connectivity index (χ1n) is 9.23. The van der Waals surface area contributed by atoms with Gasteiger partial charge in [0, 0.05) is 17.0 Å². The van der Waals surface area contributed by atoms with E-state index in [-0.39, 0.29) is 11.6 Å². The molecule has 0 bridgehead atoms. The molecule has 0 aliphatic heterocycles. The number of hydrogen-bond acceptors (Lipinski definition) is 4. The first-order chi connectivity index (χ1) is 13.4. The van der Waals surface area contributed by atoms with E-state index in [2.05, 4.69) is 0 Å². The molecule has 3 aromatic rings. The molecular weight excluding hydrogens is 352 g/mol. The predicted octanol–water partition coefficient (Wildman–Crippen LogP) is 5.19. The van der Waals surface area contributed by atoms with Crippen molar-refractivity contribution in [3.05, 3.63) is 77.6 Å². The molecule has 0 aliphatic rings. The third kappa shape index (κ3) is 3.91. The summed E-state index contributed by atoms with van der Waals surface area (Å²) in [6.07, 6.45) is 0. The van der Waals surface area contributed by atoms with Gasteiger partial charge < -0.3 is 9.15 Å². The minimum absolute atomic E-state index is 0.157. The van der Waals surface area contributed by atoms with E-state index in [0.29, 0.717) is 5.76 Å². The number of rotatable bonds is 7. The van der Waals surface area contributed by atoms with Crippen molar-refractivity contribution in [2.45, 2.75) is 26.7 Å². The standard InChI is InChI=1S/C24H24O4/c1-15(25)23(16(2)26)24(19-10-12-20(27-4)13-11-19)21-14-22(28-17(21)3)18-8-6-5-7-9-18/h5-14,23-24H,1-4H3. The fourth-order valence-electron chi connectivity index (χ4n) is 3.67. The number of carbonyl (C=O) groups is 2. The van der Waals surface area contributed by atoms with Crippen LogP contribution in [0.4, 0.5) is 0 Å². The third-order valence-corrected chi connectivity index (χ3v) is 5.03. The van der Waals surface area contributed by atoms with Crippen LogP contribution in [0.25, 0.3) is 11.3 Å². The van der Waals surface area contributed by atoms with Gasteiger partial charge >= 0.3 is 0 Å². The van der Waals surface area contributed by atoms with E-state index >= 15 is 0 Å². The monoisotopic (exact) mass is 376 g/mol. The molecule has 0 amide bonds. The van der Waals surface area contributed by atoms with E-state index < -0.39 is 11.8 Å². The van der Waals surface area contributed by atoms with Crippen LogP contribution in [-0.2, 0) is 9.59 Å². The number of carbonyl (C=O) groups excluding carboxylic acids is 2. The normalized spacial score (nSPS) is 12.0. The van der Waals surface area contributed by atoms with E-state index in [9.17, 15) is 9.59 Å². The van der Waals surface area contributed by atoms with Crippen LogP contribution in [0.3, 0.4) is 0 Å². The summed E-state index contributed by atoms with van der Waals surface area (Å²) >= 11 is 0. The van der Waals surface area contributed by atoms with Gasteiger partial charge in [0.2, 0.25) is 0 Å². The lowest BCUT2D eigenvalue weighted by atomic mass is 9.77. The Morgan fingerprint density at radius 2 is 1.54 bits per heavy atom. The summed E-state index contributed by atoms with van der Waals surface area (Å²) in [6, 6.07) is 19.2. The second-order valence-electron chi connectivity index (χ2n) is 6.94. The van der Waals surface area contributed by atoms with Crippen LogP contribution >= 0.6 is 0 Å². The third-order valence-electron chi connectivity index (χ3n) is 5.03. The quantitative estimate of drug-likeness (QED) is 0.533. The molecule has 4 nitrogen and oxygen atoms in total. The second-order valence-corrected chi connectivity index (χ2v) is 6.94. The highest BCUT2D eigenvalue weighted by atomic mass is 16.5. The van der Waals surface area contributed by atoms with Crippen LogP contribution in [0.5, 0.6) is 5.75 Å². The van der Waals surface area contributed by atoms with Gasteiger partial charge in [-0.1, -0.05) is 42.5 Å². The summed E-state index contributed by atoms with van der Waals surface area (Å²) in [5.74, 6) is 0.643. The number of Topliss-reactive ketones (excluding diaryl/α,β-unsaturated/α-hetero) is 2. The Hall–Kier alpha value is -3.14. The molecule has 0 aliphatic carbocycles. The average molecular weight is 376 g/mol. The molecule has 0 radical (unpaired) electrons. The maximum Gasteiger partial charge on any atom is 0.141 e. The number of benzene rings is 2. The van der Waals surface area contributed by atoms with Crippen molar-refractivity contribution < 1.29 is 18.7 Å². The van der Waals surface area contributed by atoms with Gasteiger partial charge in [0.25, 0.3) is 0 Å². The van der Waals surface area contributed by atoms with Gasteiger partial charge in [-0.2, -0.15) is 0 Å². The van der Waals surface area contributed by atoms with Crippen molar-refractivity contribution >= 4 is 11.6 Å². The van der Waals surface area contributed by atoms with E-state index in [0.717, 1.165) is 28.2 Å². The van der Waals surface area contributed by atoms with E-state index in [1.165, 1.54) is 13.8 Å². The molecule has 4 heteroatoms. The maximum absolute atomic E-state index is 12.4. The topological polar surface area (TPSA) is 56.5 Å². The molecule has 144 valence electrons. The van der Waals surface area contributed by atoms with Crippen molar-refractivity contribution in [1.82, 2.24) is 0 Å². The van der Waals surface area contributed by atoms with E-state index in [1.807, 2.05) is 67.6 Å². The van der Waals surface area contributed by atoms with Gasteiger partial charge in [-0.25, -0.2) is 0 Å². The highest BCUT2D eigenvalue weighted by molar-refractivity contribution is 6.01. The Morgan fingerprint density at radius 1 is 0.929 bits per heavy atom. The molecule has 0 spiro atoms. The molecule has 0 fully saturated rings. The zero-order chi connectivity index (χ0) is 20.3. The molecule has 28 heavy (non-hydrogen) atoms. The number of hydrogen-bond donors (Lipinski definition) is 0. The summed E-state index contributed by atoms with van der Waals surface area (Å²) in [4.78, 5) is 24.8. The van der Waals surface area contributed by atoms with Gasteiger partial charge in [-0.15, -0.1) is 0 Å². The van der Waals surface area contributed by atoms with E-state index in [4.69, 9.17) is 9.15 Å². The van der Waals surface area contributed by atoms with Gasteiger partial charge in [0.15, 0.2) is 0 Å². The Morgan fingerprint density at radius 3 is 2.07 bits per heavy atom. The molecule has 1 aromatic heterocycles. The Bertz CT molecular complexity index is 954. The molecule has 1 heterocycles. The molecule has 0 saturated heterocycles. The minimum Gasteiger partial charge on any atom is -0.497 e. The molecule has 1 atom stereocenters. The number of methoxy groups -OCH3 is 1. The van der Waals surface area contributed by atoms with Crippen LogP contribution in [0.15, 0.2) is 65.1 Å². The van der Waals surface area contributed by atoms with Crippen LogP contribution in [0.1, 0.15) is 36.7 Å². The van der Waals surface area contributed by atoms with Crippen molar-refractivity contribution in [2.24, 2.45) is 5.92 Å². The smallest absolute Gasteiger partial charge is 0.141 e. The van der Waals surface area contributed by atoms with Gasteiger partial charge in [-0.3, -0.25) is 9.59 Å². The first kappa shape index (κ1) is 19.6. The average Bonchev–Trinajstić information content (AvgIpc) is 3.07. The summed E-state index contributed by atoms with van der Waals surface area (Å²) < 4.78 is 11.3. The number of aryl methyl sites for hydroxylation is 1. The SMILES string of the molecule is COc1ccc(C(c2cc(-c3ccccc3)oc2C)C(C(C)=O)C(C)=O)cc1. The molecule has 2 aromatic carbocycles. The molecule has 0 N–H and O–H groups in total. The largest absolute Gasteiger partial charge is 0.497 e. The molecule has 3 rings (SSSR count). The zero-order valence-electron chi connectivity index (χ0n) is 16.6. The van der Waals surface area contributed by atoms with E-state index in [1.54, 1.807) is 7.11 Å². The lowest BCUT2D eigenvalue weighted by Crippen LogP contribution is -2.28. The molecule has 1 unspecified atom stereocenters. The Kier molecular flexibility index (Phi) is 5.78.